The van der Waals surface area contributed by atoms with Gasteiger partial charge in [0.2, 0.25) is 0 Å². The highest BCUT2D eigenvalue weighted by Crippen LogP contribution is 2.29. The molecule has 0 bridgehead atoms. The molecule has 2 heterocycles. The summed E-state index contributed by atoms with van der Waals surface area (Å²) in [4.78, 5) is 3.37. The molecule has 2 N–H and O–H groups in total. The van der Waals surface area contributed by atoms with Crippen molar-refractivity contribution in [2.45, 2.75) is 19.3 Å². The van der Waals surface area contributed by atoms with Gasteiger partial charge in [-0.25, -0.2) is 4.39 Å². The van der Waals surface area contributed by atoms with Gasteiger partial charge in [-0.3, -0.25) is 0 Å². The van der Waals surface area contributed by atoms with E-state index in [2.05, 4.69) is 17.2 Å². The molecule has 1 aromatic carbocycles. The third kappa shape index (κ3) is 1.43. The van der Waals surface area contributed by atoms with E-state index >= 15 is 0 Å². The predicted molar refractivity (Wildman–Crippen MR) is 63.2 cm³/mol. The average molecular weight is 218 g/mol. The number of aromatic amines is 1. The van der Waals surface area contributed by atoms with Crippen LogP contribution in [0.3, 0.4) is 0 Å². The van der Waals surface area contributed by atoms with Crippen LogP contribution in [0.2, 0.25) is 0 Å². The Kier molecular flexibility index (Phi) is 2.21. The minimum absolute atomic E-state index is 0.172. The molecule has 0 saturated carbocycles. The second kappa shape index (κ2) is 3.59. The van der Waals surface area contributed by atoms with Gasteiger partial charge in [0.05, 0.1) is 0 Å². The molecule has 0 aliphatic carbocycles. The molecular weight excluding hydrogens is 203 g/mol. The number of hydrogen-bond donors (Lipinski definition) is 2. The van der Waals surface area contributed by atoms with Crippen LogP contribution in [0.4, 0.5) is 4.39 Å². The number of halogens is 1. The van der Waals surface area contributed by atoms with Crippen molar-refractivity contribution in [1.82, 2.24) is 10.3 Å². The Morgan fingerprint density at radius 2 is 2.25 bits per heavy atom. The highest BCUT2D eigenvalue weighted by molar-refractivity contribution is 5.85. The quantitative estimate of drug-likeness (QED) is 0.698. The van der Waals surface area contributed by atoms with Crippen molar-refractivity contribution in [3.8, 4) is 0 Å². The van der Waals surface area contributed by atoms with E-state index < -0.39 is 0 Å². The predicted octanol–water partition coefficient (Wildman–Crippen LogP) is 2.56. The van der Waals surface area contributed by atoms with E-state index in [9.17, 15) is 4.39 Å². The number of aromatic nitrogens is 1. The van der Waals surface area contributed by atoms with Gasteiger partial charge in [0.15, 0.2) is 0 Å². The van der Waals surface area contributed by atoms with Crippen LogP contribution in [-0.4, -0.2) is 18.1 Å². The molecule has 0 spiro atoms. The Balaban J connectivity index is 2.25. The minimum Gasteiger partial charge on any atom is -0.358 e. The molecule has 0 saturated heterocycles. The SMILES string of the molecule is C[C@H]1CNCCc2c1[nH]c1cc(F)ccc21. The zero-order valence-electron chi connectivity index (χ0n) is 9.31. The van der Waals surface area contributed by atoms with Gasteiger partial charge in [0.1, 0.15) is 5.82 Å². The highest BCUT2D eigenvalue weighted by atomic mass is 19.1. The zero-order valence-corrected chi connectivity index (χ0v) is 9.31. The van der Waals surface area contributed by atoms with Crippen LogP contribution in [0.1, 0.15) is 24.1 Å². The average Bonchev–Trinajstić information content (AvgIpc) is 2.52. The smallest absolute Gasteiger partial charge is 0.125 e. The third-order valence-electron chi connectivity index (χ3n) is 3.40. The lowest BCUT2D eigenvalue weighted by molar-refractivity contribution is 0.628. The molecule has 0 amide bonds. The van der Waals surface area contributed by atoms with Gasteiger partial charge in [0, 0.05) is 29.1 Å². The molecule has 3 rings (SSSR count). The lowest BCUT2D eigenvalue weighted by atomic mass is 10.0. The molecule has 16 heavy (non-hydrogen) atoms. The first-order valence-electron chi connectivity index (χ1n) is 5.76. The maximum atomic E-state index is 13.1. The molecule has 1 aliphatic rings. The number of nitrogens with one attached hydrogen (secondary N) is 2. The largest absolute Gasteiger partial charge is 0.358 e. The molecule has 2 nitrogen and oxygen atoms in total. The van der Waals surface area contributed by atoms with Gasteiger partial charge in [0.25, 0.3) is 0 Å². The summed E-state index contributed by atoms with van der Waals surface area (Å²) in [5, 5.41) is 4.59. The Labute approximate surface area is 93.9 Å². The summed E-state index contributed by atoms with van der Waals surface area (Å²) in [7, 11) is 0. The second-order valence-electron chi connectivity index (χ2n) is 4.56. The van der Waals surface area contributed by atoms with Crippen molar-refractivity contribution in [2.75, 3.05) is 13.1 Å². The number of fused-ring (bicyclic) bond motifs is 3. The lowest BCUT2D eigenvalue weighted by Crippen LogP contribution is -2.18. The van der Waals surface area contributed by atoms with Crippen molar-refractivity contribution in [2.24, 2.45) is 0 Å². The van der Waals surface area contributed by atoms with E-state index in [1.165, 1.54) is 16.6 Å². The molecular formula is C13H15FN2. The molecule has 0 unspecified atom stereocenters. The molecule has 1 atom stereocenters. The Morgan fingerprint density at radius 1 is 1.38 bits per heavy atom. The maximum absolute atomic E-state index is 13.1. The third-order valence-corrected chi connectivity index (χ3v) is 3.40. The Morgan fingerprint density at radius 3 is 3.12 bits per heavy atom. The van der Waals surface area contributed by atoms with Crippen LogP contribution in [0.15, 0.2) is 18.2 Å². The van der Waals surface area contributed by atoms with E-state index in [-0.39, 0.29) is 5.82 Å². The summed E-state index contributed by atoms with van der Waals surface area (Å²) in [5.74, 6) is 0.294. The molecule has 1 aromatic heterocycles. The van der Waals surface area contributed by atoms with E-state index in [1.54, 1.807) is 12.1 Å². The topological polar surface area (TPSA) is 27.8 Å². The molecule has 84 valence electrons. The first-order chi connectivity index (χ1) is 7.75. The lowest BCUT2D eigenvalue weighted by Gasteiger charge is -2.07. The maximum Gasteiger partial charge on any atom is 0.125 e. The van der Waals surface area contributed by atoms with Crippen molar-refractivity contribution >= 4 is 10.9 Å². The monoisotopic (exact) mass is 218 g/mol. The van der Waals surface area contributed by atoms with Crippen molar-refractivity contribution < 1.29 is 4.39 Å². The van der Waals surface area contributed by atoms with E-state index in [4.69, 9.17) is 0 Å². The second-order valence-corrected chi connectivity index (χ2v) is 4.56. The fraction of sp³-hybridized carbons (Fsp3) is 0.385. The molecule has 0 radical (unpaired) electrons. The van der Waals surface area contributed by atoms with Gasteiger partial charge < -0.3 is 10.3 Å². The number of rotatable bonds is 0. The standard InChI is InChI=1S/C13H15FN2/c1-8-7-15-5-4-11-10-3-2-9(14)6-12(10)16-13(8)11/h2-3,6,8,15-16H,4-5,7H2,1H3/t8-/m0/s1. The summed E-state index contributed by atoms with van der Waals surface area (Å²) in [5.41, 5.74) is 3.55. The van der Waals surface area contributed by atoms with Gasteiger partial charge in [-0.15, -0.1) is 0 Å². The first-order valence-corrected chi connectivity index (χ1v) is 5.76. The number of benzene rings is 1. The number of H-pyrrole nitrogens is 1. The molecule has 1 aliphatic heterocycles. The summed E-state index contributed by atoms with van der Waals surface area (Å²) in [6.07, 6.45) is 1.02. The summed E-state index contributed by atoms with van der Waals surface area (Å²) >= 11 is 0. The van der Waals surface area contributed by atoms with Crippen LogP contribution >= 0.6 is 0 Å². The van der Waals surface area contributed by atoms with E-state index in [1.807, 2.05) is 6.07 Å². The van der Waals surface area contributed by atoms with E-state index in [0.29, 0.717) is 5.92 Å². The zero-order chi connectivity index (χ0) is 11.1. The Bertz CT molecular complexity index is 530. The van der Waals surface area contributed by atoms with Crippen LogP contribution in [0, 0.1) is 5.82 Å². The van der Waals surface area contributed by atoms with Crippen LogP contribution < -0.4 is 5.32 Å². The number of hydrogen-bond acceptors (Lipinski definition) is 1. The summed E-state index contributed by atoms with van der Waals surface area (Å²) in [6.45, 7) is 4.19. The van der Waals surface area contributed by atoms with Crippen LogP contribution in [0.5, 0.6) is 0 Å². The van der Waals surface area contributed by atoms with Gasteiger partial charge in [-0.1, -0.05) is 6.92 Å². The molecule has 0 fully saturated rings. The van der Waals surface area contributed by atoms with Crippen molar-refractivity contribution in [1.29, 1.82) is 0 Å². The fourth-order valence-corrected chi connectivity index (χ4v) is 2.57. The van der Waals surface area contributed by atoms with E-state index in [0.717, 1.165) is 25.0 Å². The van der Waals surface area contributed by atoms with Crippen molar-refractivity contribution in [3.05, 3.63) is 35.3 Å². The van der Waals surface area contributed by atoms with Gasteiger partial charge in [-0.2, -0.15) is 0 Å². The first kappa shape index (κ1) is 9.85. The van der Waals surface area contributed by atoms with Gasteiger partial charge >= 0.3 is 0 Å². The van der Waals surface area contributed by atoms with Crippen LogP contribution in [-0.2, 0) is 6.42 Å². The molecule has 2 aromatic rings. The summed E-state index contributed by atoms with van der Waals surface area (Å²) < 4.78 is 13.1. The normalized spacial score (nSPS) is 20.8. The summed E-state index contributed by atoms with van der Waals surface area (Å²) in [6, 6.07) is 5.02. The molecule has 3 heteroatoms. The van der Waals surface area contributed by atoms with Crippen molar-refractivity contribution in [3.63, 3.8) is 0 Å². The van der Waals surface area contributed by atoms with Gasteiger partial charge in [-0.05, 0) is 36.7 Å². The highest BCUT2D eigenvalue weighted by Gasteiger charge is 2.19. The minimum atomic E-state index is -0.172. The van der Waals surface area contributed by atoms with Crippen LogP contribution in [0.25, 0.3) is 10.9 Å². The Hall–Kier alpha value is -1.35. The fourth-order valence-electron chi connectivity index (χ4n) is 2.57.